The van der Waals surface area contributed by atoms with Crippen molar-refractivity contribution >= 4 is 29.7 Å². The smallest absolute Gasteiger partial charge is 0.238 e. The second kappa shape index (κ2) is 8.22. The molecule has 1 heterocycles. The molecule has 0 radical (unpaired) electrons. The zero-order valence-electron chi connectivity index (χ0n) is 12.8. The van der Waals surface area contributed by atoms with E-state index in [4.69, 9.17) is 4.74 Å². The van der Waals surface area contributed by atoms with Crippen molar-refractivity contribution in [2.45, 2.75) is 26.1 Å². The largest absolute Gasteiger partial charge is 0.372 e. The number of carbonyl (C=O) groups excluding carboxylic acids is 1. The molecule has 0 aromatic heterocycles. The van der Waals surface area contributed by atoms with Crippen molar-refractivity contribution < 1.29 is 9.53 Å². The van der Waals surface area contributed by atoms with Crippen LogP contribution in [0.25, 0.3) is 0 Å². The lowest BCUT2D eigenvalue weighted by atomic mass is 10.1. The SMILES string of the molecule is CNCC(=O)Nc1ccccc1N1CC(C)OC(C)C1.Cl. The summed E-state index contributed by atoms with van der Waals surface area (Å²) in [4.78, 5) is 14.0. The number of morpholine rings is 1. The molecule has 1 fully saturated rings. The fourth-order valence-electron chi connectivity index (χ4n) is 2.58. The van der Waals surface area contributed by atoms with E-state index in [-0.39, 0.29) is 30.5 Å². The summed E-state index contributed by atoms with van der Waals surface area (Å²) in [7, 11) is 1.76. The molecular weight excluding hydrogens is 290 g/mol. The van der Waals surface area contributed by atoms with Crippen molar-refractivity contribution in [2.24, 2.45) is 0 Å². The summed E-state index contributed by atoms with van der Waals surface area (Å²) in [6.45, 7) is 6.13. The van der Waals surface area contributed by atoms with Gasteiger partial charge < -0.3 is 20.3 Å². The Bertz CT molecular complexity index is 460. The summed E-state index contributed by atoms with van der Waals surface area (Å²) < 4.78 is 5.76. The average molecular weight is 314 g/mol. The van der Waals surface area contributed by atoms with E-state index in [0.29, 0.717) is 6.54 Å². The van der Waals surface area contributed by atoms with E-state index in [0.717, 1.165) is 24.5 Å². The molecule has 0 spiro atoms. The van der Waals surface area contributed by atoms with Gasteiger partial charge in [0.05, 0.1) is 30.1 Å². The highest BCUT2D eigenvalue weighted by molar-refractivity contribution is 5.95. The Balaban J connectivity index is 0.00000220. The van der Waals surface area contributed by atoms with E-state index in [1.54, 1.807) is 7.05 Å². The van der Waals surface area contributed by atoms with Gasteiger partial charge >= 0.3 is 0 Å². The maximum absolute atomic E-state index is 11.8. The van der Waals surface area contributed by atoms with E-state index in [9.17, 15) is 4.79 Å². The molecule has 0 bridgehead atoms. The summed E-state index contributed by atoms with van der Waals surface area (Å²) in [6.07, 6.45) is 0.389. The molecule has 6 heteroatoms. The van der Waals surface area contributed by atoms with Gasteiger partial charge in [-0.15, -0.1) is 12.4 Å². The van der Waals surface area contributed by atoms with Crippen LogP contribution in [0.4, 0.5) is 11.4 Å². The van der Waals surface area contributed by atoms with Crippen molar-refractivity contribution in [3.05, 3.63) is 24.3 Å². The number of para-hydroxylation sites is 2. The number of hydrogen-bond acceptors (Lipinski definition) is 4. The molecule has 1 amide bonds. The summed E-state index contributed by atoms with van der Waals surface area (Å²) >= 11 is 0. The lowest BCUT2D eigenvalue weighted by Gasteiger charge is -2.37. The van der Waals surface area contributed by atoms with Gasteiger partial charge in [-0.1, -0.05) is 12.1 Å². The normalized spacial score (nSPS) is 21.6. The third-order valence-electron chi connectivity index (χ3n) is 3.28. The third kappa shape index (κ3) is 4.88. The van der Waals surface area contributed by atoms with Crippen LogP contribution in [0.15, 0.2) is 24.3 Å². The van der Waals surface area contributed by atoms with Gasteiger partial charge in [0, 0.05) is 13.1 Å². The number of carbonyl (C=O) groups is 1. The number of anilines is 2. The van der Waals surface area contributed by atoms with E-state index >= 15 is 0 Å². The molecule has 1 aliphatic heterocycles. The Morgan fingerprint density at radius 3 is 2.52 bits per heavy atom. The van der Waals surface area contributed by atoms with Gasteiger partial charge in [-0.2, -0.15) is 0 Å². The molecule has 1 aromatic rings. The monoisotopic (exact) mass is 313 g/mol. The van der Waals surface area contributed by atoms with E-state index in [2.05, 4.69) is 29.4 Å². The lowest BCUT2D eigenvalue weighted by molar-refractivity contribution is -0.115. The molecule has 5 nitrogen and oxygen atoms in total. The van der Waals surface area contributed by atoms with Gasteiger partial charge in [0.25, 0.3) is 0 Å². The molecule has 0 aliphatic carbocycles. The number of hydrogen-bond donors (Lipinski definition) is 2. The highest BCUT2D eigenvalue weighted by Crippen LogP contribution is 2.28. The molecule has 2 N–H and O–H groups in total. The Morgan fingerprint density at radius 2 is 1.90 bits per heavy atom. The molecule has 1 aromatic carbocycles. The van der Waals surface area contributed by atoms with Crippen molar-refractivity contribution in [2.75, 3.05) is 36.9 Å². The first-order chi connectivity index (χ1) is 9.60. The highest BCUT2D eigenvalue weighted by Gasteiger charge is 2.24. The number of ether oxygens (including phenoxy) is 1. The van der Waals surface area contributed by atoms with Crippen LogP contribution in [-0.2, 0) is 9.53 Å². The van der Waals surface area contributed by atoms with E-state index < -0.39 is 0 Å². The minimum atomic E-state index is -0.0330. The van der Waals surface area contributed by atoms with Crippen molar-refractivity contribution in [3.8, 4) is 0 Å². The standard InChI is InChI=1S/C15H23N3O2.ClH/c1-11-9-18(10-12(2)20-11)14-7-5-4-6-13(14)17-15(19)8-16-3;/h4-7,11-12,16H,8-10H2,1-3H3,(H,17,19);1H. The number of amides is 1. The first-order valence-electron chi connectivity index (χ1n) is 7.04. The molecule has 1 saturated heterocycles. The minimum absolute atomic E-state index is 0. The number of halogens is 1. The Kier molecular flexibility index (Phi) is 6.95. The molecular formula is C15H24ClN3O2. The van der Waals surface area contributed by atoms with Crippen LogP contribution >= 0.6 is 12.4 Å². The van der Waals surface area contributed by atoms with E-state index in [1.165, 1.54) is 0 Å². The van der Waals surface area contributed by atoms with Gasteiger partial charge in [0.2, 0.25) is 5.91 Å². The highest BCUT2D eigenvalue weighted by atomic mass is 35.5. The van der Waals surface area contributed by atoms with Crippen LogP contribution in [0.5, 0.6) is 0 Å². The summed E-state index contributed by atoms with van der Waals surface area (Å²) in [5, 5.41) is 5.81. The van der Waals surface area contributed by atoms with Crippen LogP contribution in [0, 0.1) is 0 Å². The zero-order chi connectivity index (χ0) is 14.5. The number of benzene rings is 1. The molecule has 118 valence electrons. The van der Waals surface area contributed by atoms with Crippen LogP contribution in [0.2, 0.25) is 0 Å². The van der Waals surface area contributed by atoms with Crippen LogP contribution in [-0.4, -0.2) is 44.8 Å². The number of rotatable bonds is 4. The minimum Gasteiger partial charge on any atom is -0.372 e. The van der Waals surface area contributed by atoms with Gasteiger partial charge in [0.15, 0.2) is 0 Å². The van der Waals surface area contributed by atoms with Crippen LogP contribution < -0.4 is 15.5 Å². The van der Waals surface area contributed by atoms with Crippen LogP contribution in [0.1, 0.15) is 13.8 Å². The molecule has 2 unspecified atom stereocenters. The summed E-state index contributed by atoms with van der Waals surface area (Å²) in [6, 6.07) is 7.91. The Hall–Kier alpha value is -1.30. The molecule has 21 heavy (non-hydrogen) atoms. The van der Waals surface area contributed by atoms with Gasteiger partial charge in [-0.25, -0.2) is 0 Å². The van der Waals surface area contributed by atoms with Gasteiger partial charge in [-0.05, 0) is 33.0 Å². The maximum atomic E-state index is 11.8. The molecule has 0 saturated carbocycles. The molecule has 2 atom stereocenters. The van der Waals surface area contributed by atoms with Crippen molar-refractivity contribution in [3.63, 3.8) is 0 Å². The molecule has 2 rings (SSSR count). The number of nitrogens with zero attached hydrogens (tertiary/aromatic N) is 1. The quantitative estimate of drug-likeness (QED) is 0.891. The number of likely N-dealkylation sites (N-methyl/N-ethyl adjacent to an activating group) is 1. The third-order valence-corrected chi connectivity index (χ3v) is 3.28. The maximum Gasteiger partial charge on any atom is 0.238 e. The summed E-state index contributed by atoms with van der Waals surface area (Å²) in [5.74, 6) is -0.0330. The first-order valence-corrected chi connectivity index (χ1v) is 7.04. The predicted molar refractivity (Wildman–Crippen MR) is 88.5 cm³/mol. The zero-order valence-corrected chi connectivity index (χ0v) is 13.6. The van der Waals surface area contributed by atoms with Gasteiger partial charge in [0.1, 0.15) is 0 Å². The van der Waals surface area contributed by atoms with Crippen molar-refractivity contribution in [1.29, 1.82) is 0 Å². The first kappa shape index (κ1) is 17.8. The average Bonchev–Trinajstić information content (AvgIpc) is 2.38. The van der Waals surface area contributed by atoms with Crippen molar-refractivity contribution in [1.82, 2.24) is 5.32 Å². The Labute approximate surface area is 132 Å². The Morgan fingerprint density at radius 1 is 1.29 bits per heavy atom. The summed E-state index contributed by atoms with van der Waals surface area (Å²) in [5.41, 5.74) is 1.91. The lowest BCUT2D eigenvalue weighted by Crippen LogP contribution is -2.45. The van der Waals surface area contributed by atoms with E-state index in [1.807, 2.05) is 24.3 Å². The van der Waals surface area contributed by atoms with Gasteiger partial charge in [-0.3, -0.25) is 4.79 Å². The molecule has 1 aliphatic rings. The predicted octanol–water partition coefficient (Wildman–Crippen LogP) is 1.88. The second-order valence-corrected chi connectivity index (χ2v) is 5.26. The number of nitrogens with one attached hydrogen (secondary N) is 2. The fourth-order valence-corrected chi connectivity index (χ4v) is 2.58. The van der Waals surface area contributed by atoms with Crippen LogP contribution in [0.3, 0.4) is 0 Å². The fraction of sp³-hybridized carbons (Fsp3) is 0.533. The topological polar surface area (TPSA) is 53.6 Å². The second-order valence-electron chi connectivity index (χ2n) is 5.26.